The highest BCUT2D eigenvalue weighted by Crippen LogP contribution is 2.30. The Morgan fingerprint density at radius 1 is 1.05 bits per heavy atom. The number of rotatable bonds is 0. The second kappa shape index (κ2) is 4.72. The van der Waals surface area contributed by atoms with Crippen LogP contribution in [0.5, 0.6) is 0 Å². The molecule has 2 aliphatic rings. The molecule has 0 bridgehead atoms. The van der Waals surface area contributed by atoms with E-state index in [9.17, 15) is 4.79 Å². The van der Waals surface area contributed by atoms with Crippen molar-refractivity contribution in [3.05, 3.63) is 22.5 Å². The second-order valence-corrected chi connectivity index (χ2v) is 6.59. The molecule has 2 heterocycles. The molecule has 0 unspecified atom stereocenters. The van der Waals surface area contributed by atoms with Gasteiger partial charge in [0, 0.05) is 5.56 Å². The molecule has 5 heteroatoms. The summed E-state index contributed by atoms with van der Waals surface area (Å²) in [6, 6.07) is 0. The molecule has 0 N–H and O–H groups in total. The lowest BCUT2D eigenvalue weighted by Crippen LogP contribution is -2.33. The van der Waals surface area contributed by atoms with E-state index in [0.717, 1.165) is 24.2 Å². The van der Waals surface area contributed by atoms with E-state index in [1.165, 1.54) is 24.0 Å². The van der Waals surface area contributed by atoms with E-state index in [2.05, 4.69) is 10.2 Å². The van der Waals surface area contributed by atoms with Gasteiger partial charge in [0.15, 0.2) is 0 Å². The second-order valence-electron chi connectivity index (χ2n) is 6.59. The van der Waals surface area contributed by atoms with Gasteiger partial charge in [-0.05, 0) is 52.0 Å². The topological polar surface area (TPSA) is 55.3 Å². The zero-order valence-electron chi connectivity index (χ0n) is 12.4. The highest BCUT2D eigenvalue weighted by molar-refractivity contribution is 5.69. The molecule has 1 aliphatic heterocycles. The molecule has 0 saturated carbocycles. The Morgan fingerprint density at radius 2 is 1.75 bits per heavy atom. The van der Waals surface area contributed by atoms with Crippen LogP contribution in [0, 0.1) is 0 Å². The number of fused-ring (bicyclic) bond motifs is 3. The minimum atomic E-state index is -0.461. The van der Waals surface area contributed by atoms with Crippen molar-refractivity contribution < 1.29 is 9.53 Å². The minimum Gasteiger partial charge on any atom is -0.444 e. The number of nitrogens with zero attached hydrogens (tertiary/aromatic N) is 3. The Bertz CT molecular complexity index is 549. The van der Waals surface area contributed by atoms with Crippen LogP contribution in [0.25, 0.3) is 0 Å². The maximum atomic E-state index is 12.2. The first-order chi connectivity index (χ1) is 9.44. The maximum Gasteiger partial charge on any atom is 0.410 e. The molecule has 3 rings (SSSR count). The van der Waals surface area contributed by atoms with Crippen molar-refractivity contribution in [2.45, 2.75) is 65.1 Å². The van der Waals surface area contributed by atoms with Crippen molar-refractivity contribution in [1.29, 1.82) is 0 Å². The molecule has 0 radical (unpaired) electrons. The van der Waals surface area contributed by atoms with Crippen molar-refractivity contribution >= 4 is 6.09 Å². The summed E-state index contributed by atoms with van der Waals surface area (Å²) in [5.74, 6) is 0. The van der Waals surface area contributed by atoms with Crippen molar-refractivity contribution in [1.82, 2.24) is 15.1 Å². The summed E-state index contributed by atoms with van der Waals surface area (Å²) in [4.78, 5) is 13.9. The fourth-order valence-corrected chi connectivity index (χ4v) is 2.88. The van der Waals surface area contributed by atoms with E-state index in [-0.39, 0.29) is 6.09 Å². The van der Waals surface area contributed by atoms with Crippen molar-refractivity contribution in [2.24, 2.45) is 0 Å². The minimum absolute atomic E-state index is 0.264. The number of carbonyl (C=O) groups is 1. The van der Waals surface area contributed by atoms with E-state index in [0.29, 0.717) is 13.1 Å². The third-order valence-electron chi connectivity index (χ3n) is 3.78. The number of hydrogen-bond acceptors (Lipinski definition) is 4. The van der Waals surface area contributed by atoms with E-state index < -0.39 is 5.60 Å². The first kappa shape index (κ1) is 13.3. The molecule has 20 heavy (non-hydrogen) atoms. The average molecular weight is 275 g/mol. The predicted molar refractivity (Wildman–Crippen MR) is 74.2 cm³/mol. The summed E-state index contributed by atoms with van der Waals surface area (Å²) >= 11 is 0. The van der Waals surface area contributed by atoms with Crippen molar-refractivity contribution in [2.75, 3.05) is 0 Å². The Hall–Kier alpha value is -1.65. The van der Waals surface area contributed by atoms with Gasteiger partial charge in [0.2, 0.25) is 0 Å². The smallest absolute Gasteiger partial charge is 0.410 e. The molecule has 0 saturated heterocycles. The maximum absolute atomic E-state index is 12.2. The van der Waals surface area contributed by atoms with Crippen LogP contribution in [0.15, 0.2) is 0 Å². The monoisotopic (exact) mass is 275 g/mol. The van der Waals surface area contributed by atoms with Crippen LogP contribution in [-0.4, -0.2) is 26.8 Å². The molecule has 0 atom stereocenters. The van der Waals surface area contributed by atoms with Gasteiger partial charge < -0.3 is 4.74 Å². The molecule has 0 spiro atoms. The SMILES string of the molecule is CC(C)(C)OC(=O)N1Cc2nnc3c(c2C1)CCCC3. The zero-order chi connectivity index (χ0) is 14.3. The lowest BCUT2D eigenvalue weighted by molar-refractivity contribution is 0.0240. The van der Waals surface area contributed by atoms with Gasteiger partial charge in [0.25, 0.3) is 0 Å². The Kier molecular flexibility index (Phi) is 3.15. The average Bonchev–Trinajstić information content (AvgIpc) is 2.81. The number of carbonyl (C=O) groups excluding carboxylic acids is 1. The number of ether oxygens (including phenoxy) is 1. The molecule has 1 aliphatic carbocycles. The van der Waals surface area contributed by atoms with Gasteiger partial charge in [-0.15, -0.1) is 0 Å². The van der Waals surface area contributed by atoms with E-state index in [4.69, 9.17) is 4.74 Å². The molecular weight excluding hydrogens is 254 g/mol. The van der Waals surface area contributed by atoms with Gasteiger partial charge in [-0.2, -0.15) is 10.2 Å². The van der Waals surface area contributed by atoms with Crippen molar-refractivity contribution in [3.63, 3.8) is 0 Å². The summed E-state index contributed by atoms with van der Waals surface area (Å²) in [5.41, 5.74) is 4.14. The molecule has 5 nitrogen and oxygen atoms in total. The van der Waals surface area contributed by atoms with Crippen LogP contribution >= 0.6 is 0 Å². The highest BCUT2D eigenvalue weighted by Gasteiger charge is 2.31. The van der Waals surface area contributed by atoms with E-state index >= 15 is 0 Å². The fraction of sp³-hybridized carbons (Fsp3) is 0.667. The molecular formula is C15H21N3O2. The summed E-state index contributed by atoms with van der Waals surface area (Å²) in [6.45, 7) is 6.79. The number of aromatic nitrogens is 2. The third-order valence-corrected chi connectivity index (χ3v) is 3.78. The summed E-state index contributed by atoms with van der Waals surface area (Å²) in [6.07, 6.45) is 4.21. The highest BCUT2D eigenvalue weighted by atomic mass is 16.6. The van der Waals surface area contributed by atoms with Crippen LogP contribution in [-0.2, 0) is 30.7 Å². The summed E-state index contributed by atoms with van der Waals surface area (Å²) in [5, 5.41) is 8.63. The quantitative estimate of drug-likeness (QED) is 0.730. The lowest BCUT2D eigenvalue weighted by Gasteiger charge is -2.24. The van der Waals surface area contributed by atoms with Gasteiger partial charge >= 0.3 is 6.09 Å². The standard InChI is InChI=1S/C15H21N3O2/c1-15(2,3)20-14(19)18-8-11-10-6-4-5-7-12(10)16-17-13(11)9-18/h4-9H2,1-3H3. The Balaban J connectivity index is 1.80. The fourth-order valence-electron chi connectivity index (χ4n) is 2.88. The van der Waals surface area contributed by atoms with Crippen LogP contribution in [0.1, 0.15) is 56.1 Å². The van der Waals surface area contributed by atoms with Crippen LogP contribution < -0.4 is 0 Å². The van der Waals surface area contributed by atoms with Crippen LogP contribution in [0.4, 0.5) is 4.79 Å². The zero-order valence-corrected chi connectivity index (χ0v) is 12.4. The molecule has 1 aromatic heterocycles. The van der Waals surface area contributed by atoms with Gasteiger partial charge in [-0.25, -0.2) is 4.79 Å². The van der Waals surface area contributed by atoms with Crippen LogP contribution in [0.2, 0.25) is 0 Å². The molecule has 0 aromatic carbocycles. The van der Waals surface area contributed by atoms with Crippen molar-refractivity contribution in [3.8, 4) is 0 Å². The summed E-state index contributed by atoms with van der Waals surface area (Å²) in [7, 11) is 0. The van der Waals surface area contributed by atoms with Gasteiger partial charge in [-0.1, -0.05) is 0 Å². The molecule has 108 valence electrons. The Morgan fingerprint density at radius 3 is 2.50 bits per heavy atom. The molecule has 1 aromatic rings. The van der Waals surface area contributed by atoms with Gasteiger partial charge in [-0.3, -0.25) is 4.90 Å². The number of aryl methyl sites for hydroxylation is 1. The first-order valence-corrected chi connectivity index (χ1v) is 7.28. The summed E-state index contributed by atoms with van der Waals surface area (Å²) < 4.78 is 5.44. The largest absolute Gasteiger partial charge is 0.444 e. The van der Waals surface area contributed by atoms with E-state index in [1.807, 2.05) is 20.8 Å². The van der Waals surface area contributed by atoms with Crippen LogP contribution in [0.3, 0.4) is 0 Å². The number of hydrogen-bond donors (Lipinski definition) is 0. The predicted octanol–water partition coefficient (Wildman–Crippen LogP) is 2.61. The third kappa shape index (κ3) is 2.49. The number of amides is 1. The van der Waals surface area contributed by atoms with Gasteiger partial charge in [0.1, 0.15) is 5.60 Å². The van der Waals surface area contributed by atoms with Gasteiger partial charge in [0.05, 0.1) is 24.5 Å². The van der Waals surface area contributed by atoms with E-state index in [1.54, 1.807) is 4.90 Å². The Labute approximate surface area is 119 Å². The lowest BCUT2D eigenvalue weighted by atomic mass is 9.92. The molecule has 1 amide bonds. The normalized spacial score (nSPS) is 17.6. The molecule has 0 fully saturated rings. The first-order valence-electron chi connectivity index (χ1n) is 7.28.